The van der Waals surface area contributed by atoms with Gasteiger partial charge >= 0.3 is 0 Å². The van der Waals surface area contributed by atoms with Gasteiger partial charge in [0.2, 0.25) is 21.8 Å². The highest BCUT2D eigenvalue weighted by Gasteiger charge is 2.34. The fraction of sp³-hybridized carbons (Fsp3) is 0.471. The Bertz CT molecular complexity index is 908. The zero-order chi connectivity index (χ0) is 19.6. The molecule has 0 unspecified atom stereocenters. The number of sulfonamides is 1. The van der Waals surface area contributed by atoms with Gasteiger partial charge in [0.15, 0.2) is 0 Å². The third-order valence-corrected chi connectivity index (χ3v) is 6.12. The monoisotopic (exact) mass is 394 g/mol. The van der Waals surface area contributed by atoms with Crippen LogP contribution in [0.3, 0.4) is 0 Å². The fourth-order valence-corrected chi connectivity index (χ4v) is 4.10. The van der Waals surface area contributed by atoms with Crippen LogP contribution < -0.4 is 5.32 Å². The minimum atomic E-state index is -3.73. The number of nitrogens with zero attached hydrogens (tertiary/aromatic N) is 3. The zero-order valence-electron chi connectivity index (χ0n) is 15.4. The van der Waals surface area contributed by atoms with Gasteiger partial charge in [0.05, 0.1) is 11.5 Å². The van der Waals surface area contributed by atoms with Crippen molar-refractivity contribution in [2.24, 2.45) is 0 Å². The van der Waals surface area contributed by atoms with E-state index in [0.717, 1.165) is 0 Å². The largest absolute Gasteiger partial charge is 0.422 e. The zero-order valence-corrected chi connectivity index (χ0v) is 16.2. The molecule has 1 saturated heterocycles. The summed E-state index contributed by atoms with van der Waals surface area (Å²) in [6, 6.07) is 5.81. The highest BCUT2D eigenvalue weighted by atomic mass is 32.2. The fourth-order valence-electron chi connectivity index (χ4n) is 2.68. The molecule has 146 valence electrons. The predicted molar refractivity (Wildman–Crippen MR) is 95.7 cm³/mol. The molecule has 1 amide bonds. The number of rotatable bonds is 5. The molecule has 0 aliphatic carbocycles. The number of morpholine rings is 1. The summed E-state index contributed by atoms with van der Waals surface area (Å²) in [5, 5.41) is 10.4. The minimum Gasteiger partial charge on any atom is -0.422 e. The number of hydrogen-bond acceptors (Lipinski definition) is 7. The smallest absolute Gasteiger partial charge is 0.251 e. The Kier molecular flexibility index (Phi) is 5.59. The van der Waals surface area contributed by atoms with Gasteiger partial charge in [0.25, 0.3) is 5.91 Å². The van der Waals surface area contributed by atoms with E-state index >= 15 is 0 Å². The van der Waals surface area contributed by atoms with Crippen molar-refractivity contribution in [1.82, 2.24) is 19.8 Å². The Hall–Kier alpha value is -2.30. The maximum Gasteiger partial charge on any atom is 0.251 e. The lowest BCUT2D eigenvalue weighted by Crippen LogP contribution is -2.42. The molecule has 1 aromatic carbocycles. The Morgan fingerprint density at radius 1 is 1.26 bits per heavy atom. The molecule has 3 rings (SSSR count). The highest BCUT2D eigenvalue weighted by molar-refractivity contribution is 7.89. The minimum absolute atomic E-state index is 0.0773. The van der Waals surface area contributed by atoms with Gasteiger partial charge in [-0.1, -0.05) is 13.8 Å². The molecule has 2 heterocycles. The third kappa shape index (κ3) is 4.02. The summed E-state index contributed by atoms with van der Waals surface area (Å²) in [7, 11) is -2.21. The number of hydrogen-bond donors (Lipinski definition) is 1. The van der Waals surface area contributed by atoms with Crippen LogP contribution in [0.5, 0.6) is 0 Å². The summed E-state index contributed by atoms with van der Waals surface area (Å²) in [4.78, 5) is 11.7. The maximum absolute atomic E-state index is 12.9. The summed E-state index contributed by atoms with van der Waals surface area (Å²) in [5.41, 5.74) is 0.392. The molecular weight excluding hydrogens is 372 g/mol. The molecule has 1 fully saturated rings. The van der Waals surface area contributed by atoms with E-state index in [1.165, 1.54) is 35.6 Å². The van der Waals surface area contributed by atoms with E-state index in [-0.39, 0.29) is 42.3 Å². The molecule has 9 nitrogen and oxygen atoms in total. The number of ether oxygens (including phenoxy) is 1. The van der Waals surface area contributed by atoms with E-state index in [2.05, 4.69) is 15.5 Å². The molecule has 0 radical (unpaired) electrons. The summed E-state index contributed by atoms with van der Waals surface area (Å²) in [6.07, 6.45) is -0.612. The summed E-state index contributed by atoms with van der Waals surface area (Å²) < 4.78 is 38.4. The Morgan fingerprint density at radius 2 is 1.96 bits per heavy atom. The van der Waals surface area contributed by atoms with Gasteiger partial charge in [-0.3, -0.25) is 4.79 Å². The first-order valence-corrected chi connectivity index (χ1v) is 10.0. The molecule has 0 bridgehead atoms. The molecule has 1 aliphatic heterocycles. The number of carbonyl (C=O) groups excluding carboxylic acids is 1. The van der Waals surface area contributed by atoms with E-state index in [4.69, 9.17) is 9.15 Å². The van der Waals surface area contributed by atoms with Gasteiger partial charge in [-0.05, 0) is 24.3 Å². The SMILES string of the molecule is CNC(=O)c1ccc(S(=O)(=O)N2CCO[C@H](c3nnc(C(C)C)o3)C2)cc1. The van der Waals surface area contributed by atoms with E-state index in [0.29, 0.717) is 11.5 Å². The standard InChI is InChI=1S/C17H22N4O5S/c1-11(2)16-19-20-17(26-16)14-10-21(8-9-25-14)27(23,24)13-6-4-12(5-7-13)15(22)18-3/h4-7,11,14H,8-10H2,1-3H3,(H,18,22)/t14-/m0/s1. The lowest BCUT2D eigenvalue weighted by atomic mass is 10.2. The lowest BCUT2D eigenvalue weighted by Gasteiger charge is -2.30. The van der Waals surface area contributed by atoms with Crippen molar-refractivity contribution < 1.29 is 22.4 Å². The Labute approximate surface area is 157 Å². The molecule has 1 aromatic heterocycles. The van der Waals surface area contributed by atoms with Crippen molar-refractivity contribution in [2.45, 2.75) is 30.8 Å². The van der Waals surface area contributed by atoms with Crippen LogP contribution in [0.25, 0.3) is 0 Å². The first-order chi connectivity index (χ1) is 12.8. The first kappa shape index (κ1) is 19.5. The second kappa shape index (κ2) is 7.75. The average Bonchev–Trinajstić information content (AvgIpc) is 3.18. The predicted octanol–water partition coefficient (Wildman–Crippen LogP) is 1.31. The lowest BCUT2D eigenvalue weighted by molar-refractivity contribution is -0.0179. The maximum atomic E-state index is 12.9. The van der Waals surface area contributed by atoms with Crippen molar-refractivity contribution in [1.29, 1.82) is 0 Å². The first-order valence-electron chi connectivity index (χ1n) is 8.60. The summed E-state index contributed by atoms with van der Waals surface area (Å²) in [6.45, 7) is 4.39. The van der Waals surface area contributed by atoms with Crippen LogP contribution in [-0.4, -0.2) is 55.6 Å². The van der Waals surface area contributed by atoms with Crippen LogP contribution in [0.4, 0.5) is 0 Å². The van der Waals surface area contributed by atoms with E-state index in [1.54, 1.807) is 0 Å². The van der Waals surface area contributed by atoms with Crippen molar-refractivity contribution in [3.63, 3.8) is 0 Å². The van der Waals surface area contributed by atoms with Gasteiger partial charge in [-0.25, -0.2) is 8.42 Å². The Balaban J connectivity index is 1.78. The molecule has 10 heteroatoms. The topological polar surface area (TPSA) is 115 Å². The second-order valence-electron chi connectivity index (χ2n) is 6.46. The molecule has 27 heavy (non-hydrogen) atoms. The van der Waals surface area contributed by atoms with E-state index in [9.17, 15) is 13.2 Å². The molecule has 0 spiro atoms. The number of nitrogens with one attached hydrogen (secondary N) is 1. The molecular formula is C17H22N4O5S. The molecule has 0 saturated carbocycles. The van der Waals surface area contributed by atoms with Crippen LogP contribution in [0.2, 0.25) is 0 Å². The quantitative estimate of drug-likeness (QED) is 0.813. The third-order valence-electron chi connectivity index (χ3n) is 4.24. The number of amides is 1. The van der Waals surface area contributed by atoms with Crippen LogP contribution in [0, 0.1) is 0 Å². The van der Waals surface area contributed by atoms with Gasteiger partial charge in [0.1, 0.15) is 6.10 Å². The van der Waals surface area contributed by atoms with Crippen LogP contribution in [0.1, 0.15) is 48.0 Å². The van der Waals surface area contributed by atoms with Crippen molar-refractivity contribution in [2.75, 3.05) is 26.7 Å². The van der Waals surface area contributed by atoms with Gasteiger partial charge in [-0.15, -0.1) is 10.2 Å². The normalized spacial score (nSPS) is 18.6. The van der Waals surface area contributed by atoms with Gasteiger partial charge in [0, 0.05) is 31.6 Å². The highest BCUT2D eigenvalue weighted by Crippen LogP contribution is 2.27. The van der Waals surface area contributed by atoms with E-state index in [1.807, 2.05) is 13.8 Å². The van der Waals surface area contributed by atoms with Crippen LogP contribution in [0.15, 0.2) is 33.6 Å². The van der Waals surface area contributed by atoms with Crippen molar-refractivity contribution in [3.05, 3.63) is 41.6 Å². The summed E-state index contributed by atoms with van der Waals surface area (Å²) >= 11 is 0. The van der Waals surface area contributed by atoms with Crippen molar-refractivity contribution >= 4 is 15.9 Å². The number of benzene rings is 1. The second-order valence-corrected chi connectivity index (χ2v) is 8.40. The number of aromatic nitrogens is 2. The molecule has 1 N–H and O–H groups in total. The van der Waals surface area contributed by atoms with Crippen LogP contribution in [-0.2, 0) is 14.8 Å². The average molecular weight is 394 g/mol. The molecule has 1 aliphatic rings. The van der Waals surface area contributed by atoms with Crippen molar-refractivity contribution in [3.8, 4) is 0 Å². The molecule has 1 atom stereocenters. The summed E-state index contributed by atoms with van der Waals surface area (Å²) in [5.74, 6) is 0.559. The van der Waals surface area contributed by atoms with Crippen LogP contribution >= 0.6 is 0 Å². The Morgan fingerprint density at radius 3 is 2.56 bits per heavy atom. The van der Waals surface area contributed by atoms with Gasteiger partial charge < -0.3 is 14.5 Å². The molecule has 2 aromatic rings. The van der Waals surface area contributed by atoms with Gasteiger partial charge in [-0.2, -0.15) is 4.31 Å². The number of carbonyl (C=O) groups is 1. The van der Waals surface area contributed by atoms with E-state index < -0.39 is 16.1 Å².